The van der Waals surface area contributed by atoms with Crippen molar-refractivity contribution in [1.29, 1.82) is 0 Å². The minimum Gasteiger partial charge on any atom is -0.376 e. The average Bonchev–Trinajstić information content (AvgIpc) is 3.17. The van der Waals surface area contributed by atoms with Gasteiger partial charge in [0, 0.05) is 22.9 Å². The van der Waals surface area contributed by atoms with E-state index in [2.05, 4.69) is 15.6 Å². The number of ether oxygens (including phenoxy) is 1. The van der Waals surface area contributed by atoms with E-state index in [-0.39, 0.29) is 12.0 Å². The van der Waals surface area contributed by atoms with Crippen LogP contribution in [0.4, 0.5) is 5.69 Å². The number of halogens is 1. The van der Waals surface area contributed by atoms with Crippen molar-refractivity contribution >= 4 is 29.2 Å². The van der Waals surface area contributed by atoms with Crippen molar-refractivity contribution < 1.29 is 9.53 Å². The number of nitrogens with one attached hydrogen (secondary N) is 2. The van der Waals surface area contributed by atoms with E-state index in [0.29, 0.717) is 23.1 Å². The van der Waals surface area contributed by atoms with Gasteiger partial charge in [0.05, 0.1) is 12.6 Å². The maximum absolute atomic E-state index is 12.6. The molecule has 27 heavy (non-hydrogen) atoms. The van der Waals surface area contributed by atoms with Gasteiger partial charge in [-0.05, 0) is 56.5 Å². The number of anilines is 1. The first-order chi connectivity index (χ1) is 13.0. The van der Waals surface area contributed by atoms with Crippen LogP contribution in [0.5, 0.6) is 0 Å². The van der Waals surface area contributed by atoms with E-state index in [0.717, 1.165) is 36.3 Å². The lowest BCUT2D eigenvalue weighted by molar-refractivity contribution is 0.0975. The highest BCUT2D eigenvalue weighted by atomic mass is 35.5. The number of amides is 1. The molecule has 0 aliphatic carbocycles. The van der Waals surface area contributed by atoms with Crippen LogP contribution in [0.15, 0.2) is 47.5 Å². The summed E-state index contributed by atoms with van der Waals surface area (Å²) in [7, 11) is 0. The van der Waals surface area contributed by atoms with Gasteiger partial charge in [0.1, 0.15) is 0 Å². The molecule has 0 bridgehead atoms. The van der Waals surface area contributed by atoms with Gasteiger partial charge >= 0.3 is 0 Å². The van der Waals surface area contributed by atoms with Gasteiger partial charge in [0.2, 0.25) is 5.96 Å². The molecule has 0 radical (unpaired) electrons. The Labute approximate surface area is 164 Å². The summed E-state index contributed by atoms with van der Waals surface area (Å²) >= 11 is 6.21. The Bertz CT molecular complexity index is 828. The molecule has 6 heteroatoms. The van der Waals surface area contributed by atoms with Gasteiger partial charge in [-0.2, -0.15) is 0 Å². The predicted octanol–water partition coefficient (Wildman–Crippen LogP) is 4.33. The molecule has 2 N–H and O–H groups in total. The maximum atomic E-state index is 12.6. The summed E-state index contributed by atoms with van der Waals surface area (Å²) in [4.78, 5) is 17.2. The Balaban J connectivity index is 1.78. The minimum absolute atomic E-state index is 0.0959. The lowest BCUT2D eigenvalue weighted by Crippen LogP contribution is -2.37. The second-order valence-electron chi connectivity index (χ2n) is 6.68. The van der Waals surface area contributed by atoms with Gasteiger partial charge in [0.25, 0.3) is 5.91 Å². The standard InChI is InChI=1S/C21H24ClN3O2/c1-14-8-10-16(11-9-14)20(26)25-21(23-13-17-5-4-12-27-17)24-19-7-3-6-18(22)15(19)2/h3,6-11,17H,4-5,12-13H2,1-2H3,(H2,23,24,25,26). The number of hydrogen-bond acceptors (Lipinski definition) is 3. The van der Waals surface area contributed by atoms with Crippen molar-refractivity contribution in [3.63, 3.8) is 0 Å². The third-order valence-electron chi connectivity index (χ3n) is 4.54. The largest absolute Gasteiger partial charge is 0.376 e. The van der Waals surface area contributed by atoms with E-state index < -0.39 is 0 Å². The van der Waals surface area contributed by atoms with Crippen LogP contribution in [0.2, 0.25) is 5.02 Å². The van der Waals surface area contributed by atoms with Crippen LogP contribution in [0.1, 0.15) is 34.3 Å². The minimum atomic E-state index is -0.215. The number of rotatable bonds is 4. The van der Waals surface area contributed by atoms with Gasteiger partial charge in [0.15, 0.2) is 0 Å². The van der Waals surface area contributed by atoms with E-state index in [1.165, 1.54) is 0 Å². The van der Waals surface area contributed by atoms with Gasteiger partial charge in [-0.3, -0.25) is 10.1 Å². The Morgan fingerprint density at radius 3 is 2.70 bits per heavy atom. The third kappa shape index (κ3) is 5.31. The first-order valence-electron chi connectivity index (χ1n) is 9.09. The van der Waals surface area contributed by atoms with Crippen molar-refractivity contribution in [1.82, 2.24) is 5.32 Å². The highest BCUT2D eigenvalue weighted by molar-refractivity contribution is 6.31. The maximum Gasteiger partial charge on any atom is 0.257 e. The number of nitrogens with zero attached hydrogens (tertiary/aromatic N) is 1. The van der Waals surface area contributed by atoms with Gasteiger partial charge < -0.3 is 10.1 Å². The molecule has 2 aromatic carbocycles. The highest BCUT2D eigenvalue weighted by Crippen LogP contribution is 2.23. The summed E-state index contributed by atoms with van der Waals surface area (Å²) in [5, 5.41) is 6.73. The van der Waals surface area contributed by atoms with Crippen molar-refractivity contribution in [2.75, 3.05) is 18.5 Å². The smallest absolute Gasteiger partial charge is 0.257 e. The molecule has 1 aliphatic heterocycles. The van der Waals surface area contributed by atoms with Gasteiger partial charge in [-0.25, -0.2) is 4.99 Å². The van der Waals surface area contributed by atoms with E-state index in [9.17, 15) is 4.79 Å². The topological polar surface area (TPSA) is 62.7 Å². The fraction of sp³-hybridized carbons (Fsp3) is 0.333. The van der Waals surface area contributed by atoms with Gasteiger partial charge in [-0.15, -0.1) is 0 Å². The molecular weight excluding hydrogens is 362 g/mol. The van der Waals surface area contributed by atoms with Crippen LogP contribution >= 0.6 is 11.6 Å². The number of hydrogen-bond donors (Lipinski definition) is 2. The molecule has 1 fully saturated rings. The Morgan fingerprint density at radius 1 is 1.22 bits per heavy atom. The molecule has 1 heterocycles. The normalized spacial score (nSPS) is 17.0. The predicted molar refractivity (Wildman–Crippen MR) is 110 cm³/mol. The van der Waals surface area contributed by atoms with Gasteiger partial charge in [-0.1, -0.05) is 35.4 Å². The SMILES string of the molecule is Cc1ccc(C(=O)NC(=NCC2CCCO2)Nc2cccc(Cl)c2C)cc1. The molecule has 0 saturated carbocycles. The Morgan fingerprint density at radius 2 is 2.00 bits per heavy atom. The first-order valence-corrected chi connectivity index (χ1v) is 9.47. The fourth-order valence-corrected chi connectivity index (χ4v) is 3.02. The lowest BCUT2D eigenvalue weighted by atomic mass is 10.1. The average molecular weight is 386 g/mol. The number of aliphatic imine (C=N–C) groups is 1. The van der Waals surface area contributed by atoms with Crippen LogP contribution < -0.4 is 10.6 Å². The second-order valence-corrected chi connectivity index (χ2v) is 7.09. The monoisotopic (exact) mass is 385 g/mol. The molecule has 1 amide bonds. The Hall–Kier alpha value is -2.37. The third-order valence-corrected chi connectivity index (χ3v) is 4.95. The number of aryl methyl sites for hydroxylation is 1. The molecule has 142 valence electrons. The lowest BCUT2D eigenvalue weighted by Gasteiger charge is -2.15. The van der Waals surface area contributed by atoms with Crippen LogP contribution in [0.3, 0.4) is 0 Å². The fourth-order valence-electron chi connectivity index (χ4n) is 2.85. The Kier molecular flexibility index (Phi) is 6.48. The van der Waals surface area contributed by atoms with Crippen molar-refractivity contribution in [3.8, 4) is 0 Å². The first kappa shape index (κ1) is 19.4. The zero-order valence-electron chi connectivity index (χ0n) is 15.6. The molecule has 1 aliphatic rings. The zero-order chi connectivity index (χ0) is 19.2. The molecule has 1 atom stereocenters. The molecule has 3 rings (SSSR count). The quantitative estimate of drug-likeness (QED) is 0.608. The van der Waals surface area contributed by atoms with E-state index >= 15 is 0 Å². The summed E-state index contributed by atoms with van der Waals surface area (Å²) in [6.45, 7) is 5.17. The van der Waals surface area contributed by atoms with Crippen molar-refractivity contribution in [2.45, 2.75) is 32.8 Å². The summed E-state index contributed by atoms with van der Waals surface area (Å²) in [6, 6.07) is 13.0. The number of carbonyl (C=O) groups excluding carboxylic acids is 1. The summed E-state index contributed by atoms with van der Waals surface area (Å²) < 4.78 is 5.63. The highest BCUT2D eigenvalue weighted by Gasteiger charge is 2.16. The van der Waals surface area contributed by atoms with Crippen LogP contribution in [0.25, 0.3) is 0 Å². The number of guanidine groups is 1. The number of carbonyl (C=O) groups is 1. The zero-order valence-corrected chi connectivity index (χ0v) is 16.3. The molecule has 2 aromatic rings. The van der Waals surface area contributed by atoms with Crippen LogP contribution in [-0.2, 0) is 4.74 Å². The molecule has 0 aromatic heterocycles. The molecule has 0 spiro atoms. The molecule has 5 nitrogen and oxygen atoms in total. The number of benzene rings is 2. The van der Waals surface area contributed by atoms with Crippen molar-refractivity contribution in [2.24, 2.45) is 4.99 Å². The molecular formula is C21H24ClN3O2. The second kappa shape index (κ2) is 9.02. The van der Waals surface area contributed by atoms with E-state index in [1.807, 2.05) is 44.2 Å². The van der Waals surface area contributed by atoms with Crippen LogP contribution in [0, 0.1) is 13.8 Å². The summed E-state index contributed by atoms with van der Waals surface area (Å²) in [5.41, 5.74) is 3.38. The molecule has 1 saturated heterocycles. The summed E-state index contributed by atoms with van der Waals surface area (Å²) in [5.74, 6) is 0.176. The van der Waals surface area contributed by atoms with E-state index in [4.69, 9.17) is 16.3 Å². The van der Waals surface area contributed by atoms with E-state index in [1.54, 1.807) is 12.1 Å². The summed E-state index contributed by atoms with van der Waals surface area (Å²) in [6.07, 6.45) is 2.13. The molecule has 1 unspecified atom stereocenters. The van der Waals surface area contributed by atoms with Crippen molar-refractivity contribution in [3.05, 3.63) is 64.2 Å². The van der Waals surface area contributed by atoms with Crippen LogP contribution in [-0.4, -0.2) is 31.1 Å².